The van der Waals surface area contributed by atoms with Crippen molar-refractivity contribution in [3.8, 4) is 5.75 Å². The maximum absolute atomic E-state index is 12.1. The molecule has 0 bridgehead atoms. The number of carbonyl (C=O) groups excluding carboxylic acids is 2. The van der Waals surface area contributed by atoms with Gasteiger partial charge in [0.15, 0.2) is 0 Å². The van der Waals surface area contributed by atoms with Crippen LogP contribution in [0.4, 0.5) is 11.5 Å². The fraction of sp³-hybridized carbons (Fsp3) is 0.235. The fourth-order valence-electron chi connectivity index (χ4n) is 1.76. The molecular weight excluding hydrogens is 294 g/mol. The van der Waals surface area contributed by atoms with Crippen molar-refractivity contribution >= 4 is 23.3 Å². The lowest BCUT2D eigenvalue weighted by Crippen LogP contribution is -2.18. The summed E-state index contributed by atoms with van der Waals surface area (Å²) in [5, 5.41) is 5.43. The van der Waals surface area contributed by atoms with Gasteiger partial charge in [-0.25, -0.2) is 4.98 Å². The molecule has 2 rings (SSSR count). The number of benzene rings is 1. The van der Waals surface area contributed by atoms with Crippen LogP contribution < -0.4 is 15.4 Å². The van der Waals surface area contributed by atoms with E-state index in [-0.39, 0.29) is 17.7 Å². The lowest BCUT2D eigenvalue weighted by atomic mass is 10.2. The molecule has 0 saturated heterocycles. The number of methoxy groups -OCH3 is 1. The van der Waals surface area contributed by atoms with Crippen LogP contribution in [0.5, 0.6) is 5.75 Å². The monoisotopic (exact) mass is 313 g/mol. The fourth-order valence-corrected chi connectivity index (χ4v) is 1.76. The summed E-state index contributed by atoms with van der Waals surface area (Å²) in [6.45, 7) is 3.62. The maximum atomic E-state index is 12.1. The second-order valence-corrected chi connectivity index (χ2v) is 5.26. The predicted molar refractivity (Wildman–Crippen MR) is 88.7 cm³/mol. The molecule has 2 aromatic rings. The van der Waals surface area contributed by atoms with Crippen LogP contribution in [0, 0.1) is 5.92 Å². The first-order chi connectivity index (χ1) is 11.0. The quantitative estimate of drug-likeness (QED) is 0.889. The standard InChI is InChI=1S/C17H19N3O3/c1-11(2)16(21)19-13-6-9-15(18-10-13)20-17(22)12-4-7-14(23-3)8-5-12/h4-11H,1-3H3,(H,19,21)(H,18,20,22). The molecule has 6 heteroatoms. The average Bonchev–Trinajstić information content (AvgIpc) is 2.56. The Kier molecular flexibility index (Phi) is 5.30. The molecular formula is C17H19N3O3. The van der Waals surface area contributed by atoms with Crippen molar-refractivity contribution in [2.24, 2.45) is 5.92 Å². The summed E-state index contributed by atoms with van der Waals surface area (Å²) in [5.74, 6) is 0.642. The summed E-state index contributed by atoms with van der Waals surface area (Å²) in [6.07, 6.45) is 1.50. The number of aromatic nitrogens is 1. The Morgan fingerprint density at radius 3 is 2.26 bits per heavy atom. The number of hydrogen-bond acceptors (Lipinski definition) is 4. The molecule has 1 aromatic carbocycles. The van der Waals surface area contributed by atoms with Crippen molar-refractivity contribution in [2.75, 3.05) is 17.7 Å². The topological polar surface area (TPSA) is 80.3 Å². The minimum atomic E-state index is -0.265. The van der Waals surface area contributed by atoms with Crippen molar-refractivity contribution in [2.45, 2.75) is 13.8 Å². The average molecular weight is 313 g/mol. The summed E-state index contributed by atoms with van der Waals surface area (Å²) >= 11 is 0. The highest BCUT2D eigenvalue weighted by atomic mass is 16.5. The van der Waals surface area contributed by atoms with E-state index < -0.39 is 0 Å². The number of amides is 2. The Labute approximate surface area is 134 Å². The van der Waals surface area contributed by atoms with E-state index in [1.165, 1.54) is 6.20 Å². The zero-order valence-electron chi connectivity index (χ0n) is 13.3. The Bertz CT molecular complexity index is 679. The first kappa shape index (κ1) is 16.5. The second-order valence-electron chi connectivity index (χ2n) is 5.26. The largest absolute Gasteiger partial charge is 0.497 e. The molecule has 0 aliphatic carbocycles. The van der Waals surface area contributed by atoms with Gasteiger partial charge in [0.05, 0.1) is 19.0 Å². The summed E-state index contributed by atoms with van der Waals surface area (Å²) in [5.41, 5.74) is 1.09. The van der Waals surface area contributed by atoms with Crippen molar-refractivity contribution in [3.05, 3.63) is 48.2 Å². The molecule has 0 radical (unpaired) electrons. The second kappa shape index (κ2) is 7.40. The van der Waals surface area contributed by atoms with E-state index in [4.69, 9.17) is 4.74 Å². The minimum absolute atomic E-state index is 0.0816. The SMILES string of the molecule is COc1ccc(C(=O)Nc2ccc(NC(=O)C(C)C)cn2)cc1. The molecule has 6 nitrogen and oxygen atoms in total. The molecule has 120 valence electrons. The lowest BCUT2D eigenvalue weighted by molar-refractivity contribution is -0.118. The third kappa shape index (κ3) is 4.54. The summed E-state index contributed by atoms with van der Waals surface area (Å²) < 4.78 is 5.05. The van der Waals surface area contributed by atoms with E-state index in [1.807, 2.05) is 13.8 Å². The van der Waals surface area contributed by atoms with Crippen LogP contribution in [-0.2, 0) is 4.79 Å². The predicted octanol–water partition coefficient (Wildman–Crippen LogP) is 2.94. The van der Waals surface area contributed by atoms with Crippen LogP contribution in [0.25, 0.3) is 0 Å². The molecule has 0 saturated carbocycles. The van der Waals surface area contributed by atoms with Crippen LogP contribution in [0.3, 0.4) is 0 Å². The third-order valence-corrected chi connectivity index (χ3v) is 3.15. The van der Waals surface area contributed by atoms with E-state index in [2.05, 4.69) is 15.6 Å². The Morgan fingerprint density at radius 1 is 1.04 bits per heavy atom. The number of pyridine rings is 1. The van der Waals surface area contributed by atoms with Gasteiger partial charge in [0, 0.05) is 11.5 Å². The van der Waals surface area contributed by atoms with Crippen molar-refractivity contribution in [1.29, 1.82) is 0 Å². The van der Waals surface area contributed by atoms with Gasteiger partial charge in [-0.05, 0) is 36.4 Å². The first-order valence-electron chi connectivity index (χ1n) is 7.22. The highest BCUT2D eigenvalue weighted by Gasteiger charge is 2.09. The molecule has 0 spiro atoms. The molecule has 1 aromatic heterocycles. The van der Waals surface area contributed by atoms with Gasteiger partial charge in [0.2, 0.25) is 5.91 Å². The van der Waals surface area contributed by atoms with E-state index in [0.29, 0.717) is 22.8 Å². The van der Waals surface area contributed by atoms with Crippen molar-refractivity contribution in [1.82, 2.24) is 4.98 Å². The van der Waals surface area contributed by atoms with Crippen LogP contribution >= 0.6 is 0 Å². The van der Waals surface area contributed by atoms with Crippen LogP contribution in [0.15, 0.2) is 42.6 Å². The van der Waals surface area contributed by atoms with Gasteiger partial charge in [-0.15, -0.1) is 0 Å². The number of carbonyl (C=O) groups is 2. The first-order valence-corrected chi connectivity index (χ1v) is 7.22. The van der Waals surface area contributed by atoms with Crippen LogP contribution in [-0.4, -0.2) is 23.9 Å². The van der Waals surface area contributed by atoms with Crippen molar-refractivity contribution < 1.29 is 14.3 Å². The molecule has 23 heavy (non-hydrogen) atoms. The lowest BCUT2D eigenvalue weighted by Gasteiger charge is -2.09. The number of rotatable bonds is 5. The molecule has 0 unspecified atom stereocenters. The Balaban J connectivity index is 1.99. The third-order valence-electron chi connectivity index (χ3n) is 3.15. The van der Waals surface area contributed by atoms with Gasteiger partial charge in [0.25, 0.3) is 5.91 Å². The molecule has 0 aliphatic heterocycles. The van der Waals surface area contributed by atoms with Gasteiger partial charge in [0.1, 0.15) is 11.6 Å². The highest BCUT2D eigenvalue weighted by molar-refractivity contribution is 6.03. The molecule has 0 fully saturated rings. The summed E-state index contributed by atoms with van der Waals surface area (Å²) in [7, 11) is 1.57. The molecule has 1 heterocycles. The summed E-state index contributed by atoms with van der Waals surface area (Å²) in [6, 6.07) is 10.1. The normalized spacial score (nSPS) is 10.3. The number of nitrogens with one attached hydrogen (secondary N) is 2. The van der Waals surface area contributed by atoms with E-state index in [9.17, 15) is 9.59 Å². The molecule has 0 atom stereocenters. The van der Waals surface area contributed by atoms with Crippen LogP contribution in [0.2, 0.25) is 0 Å². The molecule has 2 amide bonds. The highest BCUT2D eigenvalue weighted by Crippen LogP contribution is 2.14. The van der Waals surface area contributed by atoms with Gasteiger partial charge < -0.3 is 15.4 Å². The van der Waals surface area contributed by atoms with E-state index in [0.717, 1.165) is 0 Å². The zero-order valence-corrected chi connectivity index (χ0v) is 13.3. The maximum Gasteiger partial charge on any atom is 0.256 e. The van der Waals surface area contributed by atoms with Gasteiger partial charge >= 0.3 is 0 Å². The van der Waals surface area contributed by atoms with E-state index in [1.54, 1.807) is 43.5 Å². The Morgan fingerprint density at radius 2 is 1.74 bits per heavy atom. The molecule has 2 N–H and O–H groups in total. The molecule has 0 aliphatic rings. The zero-order chi connectivity index (χ0) is 16.8. The van der Waals surface area contributed by atoms with Gasteiger partial charge in [-0.2, -0.15) is 0 Å². The minimum Gasteiger partial charge on any atom is -0.497 e. The summed E-state index contributed by atoms with van der Waals surface area (Å²) in [4.78, 5) is 27.8. The van der Waals surface area contributed by atoms with Crippen LogP contribution in [0.1, 0.15) is 24.2 Å². The number of ether oxygens (including phenoxy) is 1. The van der Waals surface area contributed by atoms with Crippen molar-refractivity contribution in [3.63, 3.8) is 0 Å². The van der Waals surface area contributed by atoms with Gasteiger partial charge in [-0.3, -0.25) is 9.59 Å². The number of hydrogen-bond donors (Lipinski definition) is 2. The Hall–Kier alpha value is -2.89. The smallest absolute Gasteiger partial charge is 0.256 e. The number of anilines is 2. The number of nitrogens with zero attached hydrogens (tertiary/aromatic N) is 1. The van der Waals surface area contributed by atoms with Gasteiger partial charge in [-0.1, -0.05) is 13.8 Å². The van der Waals surface area contributed by atoms with E-state index >= 15 is 0 Å².